The summed E-state index contributed by atoms with van der Waals surface area (Å²) in [5, 5.41) is 0. The first-order valence-electron chi connectivity index (χ1n) is 7.87. The van der Waals surface area contributed by atoms with Crippen LogP contribution in [0.3, 0.4) is 0 Å². The predicted octanol–water partition coefficient (Wildman–Crippen LogP) is 0.912. The van der Waals surface area contributed by atoms with Crippen LogP contribution in [-0.2, 0) is 9.53 Å². The molecule has 1 atom stereocenters. The lowest BCUT2D eigenvalue weighted by atomic mass is 10.1. The molecule has 3 aliphatic rings. The van der Waals surface area contributed by atoms with E-state index in [4.69, 9.17) is 4.74 Å². The van der Waals surface area contributed by atoms with Gasteiger partial charge in [-0.15, -0.1) is 0 Å². The van der Waals surface area contributed by atoms with Crippen molar-refractivity contribution in [1.82, 2.24) is 14.7 Å². The van der Waals surface area contributed by atoms with E-state index in [9.17, 15) is 9.59 Å². The molecule has 21 heavy (non-hydrogen) atoms. The molecule has 0 aromatic heterocycles. The molecule has 3 fully saturated rings. The third-order valence-corrected chi connectivity index (χ3v) is 4.33. The van der Waals surface area contributed by atoms with E-state index in [2.05, 4.69) is 4.90 Å². The highest BCUT2D eigenvalue weighted by Gasteiger charge is 2.44. The Balaban J connectivity index is 1.64. The molecule has 118 valence electrons. The van der Waals surface area contributed by atoms with Crippen molar-refractivity contribution < 1.29 is 14.3 Å². The van der Waals surface area contributed by atoms with Gasteiger partial charge in [-0.2, -0.15) is 0 Å². The molecule has 6 nitrogen and oxygen atoms in total. The van der Waals surface area contributed by atoms with Crippen molar-refractivity contribution in [3.8, 4) is 0 Å². The Morgan fingerprint density at radius 1 is 1.14 bits per heavy atom. The Bertz CT molecular complexity index is 442. The Morgan fingerprint density at radius 3 is 2.43 bits per heavy atom. The summed E-state index contributed by atoms with van der Waals surface area (Å²) in [5.74, 6) is 0.192. The smallest absolute Gasteiger partial charge is 0.410 e. The van der Waals surface area contributed by atoms with E-state index < -0.39 is 5.60 Å². The lowest BCUT2D eigenvalue weighted by molar-refractivity contribution is -0.145. The number of hydrogen-bond donors (Lipinski definition) is 0. The maximum atomic E-state index is 12.6. The van der Waals surface area contributed by atoms with Gasteiger partial charge in [0.25, 0.3) is 0 Å². The molecular weight excluding hydrogens is 270 g/mol. The van der Waals surface area contributed by atoms with Crippen LogP contribution in [-0.4, -0.2) is 77.1 Å². The lowest BCUT2D eigenvalue weighted by Crippen LogP contribution is -2.65. The van der Waals surface area contributed by atoms with E-state index in [-0.39, 0.29) is 18.0 Å². The van der Waals surface area contributed by atoms with Crippen molar-refractivity contribution in [2.45, 2.75) is 51.3 Å². The summed E-state index contributed by atoms with van der Waals surface area (Å²) < 4.78 is 5.42. The van der Waals surface area contributed by atoms with Crippen LogP contribution < -0.4 is 0 Å². The standard InChI is InChI=1S/C15H25N3O3/c1-15(2,3)21-14(20)17-7-6-16-8-9-18(11-4-5-11)13(19)12(16)10-17/h11-12H,4-10H2,1-3H3/t12-/m0/s1. The second kappa shape index (κ2) is 5.16. The molecule has 1 saturated carbocycles. The number of carbonyl (C=O) groups excluding carboxylic acids is 2. The molecule has 1 aliphatic carbocycles. The van der Waals surface area contributed by atoms with Crippen LogP contribution in [0.1, 0.15) is 33.6 Å². The topological polar surface area (TPSA) is 53.1 Å². The van der Waals surface area contributed by atoms with Crippen LogP contribution in [0.4, 0.5) is 4.79 Å². The van der Waals surface area contributed by atoms with Crippen LogP contribution in [0.5, 0.6) is 0 Å². The van der Waals surface area contributed by atoms with Gasteiger partial charge < -0.3 is 14.5 Å². The van der Waals surface area contributed by atoms with Gasteiger partial charge in [0.15, 0.2) is 0 Å². The molecule has 6 heteroatoms. The third-order valence-electron chi connectivity index (χ3n) is 4.33. The molecule has 2 amide bonds. The molecule has 2 heterocycles. The molecule has 0 spiro atoms. The summed E-state index contributed by atoms with van der Waals surface area (Å²) in [6, 6.07) is 0.275. The second-order valence-electron chi connectivity index (χ2n) is 7.24. The normalized spacial score (nSPS) is 27.6. The van der Waals surface area contributed by atoms with Gasteiger partial charge in [-0.3, -0.25) is 9.69 Å². The van der Waals surface area contributed by atoms with Crippen molar-refractivity contribution in [2.75, 3.05) is 32.7 Å². The van der Waals surface area contributed by atoms with Gasteiger partial charge in [-0.05, 0) is 33.6 Å². The molecule has 3 rings (SSSR count). The number of rotatable bonds is 1. The van der Waals surface area contributed by atoms with Crippen molar-refractivity contribution in [2.24, 2.45) is 0 Å². The fraction of sp³-hybridized carbons (Fsp3) is 0.867. The zero-order chi connectivity index (χ0) is 15.2. The van der Waals surface area contributed by atoms with Gasteiger partial charge in [0.05, 0.1) is 0 Å². The maximum Gasteiger partial charge on any atom is 0.410 e. The van der Waals surface area contributed by atoms with Crippen molar-refractivity contribution in [1.29, 1.82) is 0 Å². The fourth-order valence-electron chi connectivity index (χ4n) is 3.10. The van der Waals surface area contributed by atoms with Crippen molar-refractivity contribution in [3.05, 3.63) is 0 Å². The number of piperazine rings is 2. The van der Waals surface area contributed by atoms with Crippen molar-refractivity contribution in [3.63, 3.8) is 0 Å². The fourth-order valence-corrected chi connectivity index (χ4v) is 3.10. The molecule has 2 saturated heterocycles. The highest BCUT2D eigenvalue weighted by Crippen LogP contribution is 2.30. The molecule has 0 radical (unpaired) electrons. The summed E-state index contributed by atoms with van der Waals surface area (Å²) in [7, 11) is 0. The Hall–Kier alpha value is -1.30. The average Bonchev–Trinajstić information content (AvgIpc) is 3.21. The van der Waals surface area contributed by atoms with Crippen LogP contribution in [0.15, 0.2) is 0 Å². The van der Waals surface area contributed by atoms with E-state index in [1.54, 1.807) is 4.90 Å². The van der Waals surface area contributed by atoms with E-state index in [0.717, 1.165) is 32.5 Å². The minimum absolute atomic E-state index is 0.180. The zero-order valence-electron chi connectivity index (χ0n) is 13.2. The van der Waals surface area contributed by atoms with Gasteiger partial charge in [-0.25, -0.2) is 4.79 Å². The highest BCUT2D eigenvalue weighted by molar-refractivity contribution is 5.84. The SMILES string of the molecule is CC(C)(C)OC(=O)N1CCN2CCN(C3CC3)C(=O)[C@@H]2C1. The summed E-state index contributed by atoms with van der Waals surface area (Å²) >= 11 is 0. The largest absolute Gasteiger partial charge is 0.444 e. The first kappa shape index (κ1) is 14.6. The Labute approximate surface area is 126 Å². The average molecular weight is 295 g/mol. The van der Waals surface area contributed by atoms with E-state index in [1.807, 2.05) is 25.7 Å². The van der Waals surface area contributed by atoms with Crippen LogP contribution >= 0.6 is 0 Å². The van der Waals surface area contributed by atoms with E-state index in [0.29, 0.717) is 19.1 Å². The minimum Gasteiger partial charge on any atom is -0.444 e. The number of nitrogens with zero attached hydrogens (tertiary/aromatic N) is 3. The van der Waals surface area contributed by atoms with E-state index in [1.165, 1.54) is 0 Å². The quantitative estimate of drug-likeness (QED) is 0.721. The summed E-state index contributed by atoms with van der Waals surface area (Å²) in [5.41, 5.74) is -0.495. The monoisotopic (exact) mass is 295 g/mol. The van der Waals surface area contributed by atoms with Gasteiger partial charge in [0, 0.05) is 38.8 Å². The highest BCUT2D eigenvalue weighted by atomic mass is 16.6. The van der Waals surface area contributed by atoms with Crippen LogP contribution in [0, 0.1) is 0 Å². The Kier molecular flexibility index (Phi) is 3.59. The third kappa shape index (κ3) is 3.15. The second-order valence-corrected chi connectivity index (χ2v) is 7.24. The molecule has 0 unspecified atom stereocenters. The Morgan fingerprint density at radius 2 is 1.81 bits per heavy atom. The zero-order valence-corrected chi connectivity index (χ0v) is 13.2. The summed E-state index contributed by atoms with van der Waals surface area (Å²) in [6.07, 6.45) is 1.96. The number of fused-ring (bicyclic) bond motifs is 1. The first-order valence-corrected chi connectivity index (χ1v) is 7.87. The number of carbonyl (C=O) groups is 2. The summed E-state index contributed by atoms with van der Waals surface area (Å²) in [6.45, 7) is 9.21. The van der Waals surface area contributed by atoms with E-state index >= 15 is 0 Å². The molecule has 0 N–H and O–H groups in total. The minimum atomic E-state index is -0.495. The maximum absolute atomic E-state index is 12.6. The molecule has 0 aromatic carbocycles. The van der Waals surface area contributed by atoms with Crippen LogP contribution in [0.2, 0.25) is 0 Å². The number of ether oxygens (including phenoxy) is 1. The lowest BCUT2D eigenvalue weighted by Gasteiger charge is -2.46. The van der Waals surface area contributed by atoms with Gasteiger partial charge in [-0.1, -0.05) is 0 Å². The van der Waals surface area contributed by atoms with Crippen molar-refractivity contribution >= 4 is 12.0 Å². The number of hydrogen-bond acceptors (Lipinski definition) is 4. The molecule has 2 aliphatic heterocycles. The predicted molar refractivity (Wildman–Crippen MR) is 77.9 cm³/mol. The van der Waals surface area contributed by atoms with Gasteiger partial charge >= 0.3 is 6.09 Å². The first-order chi connectivity index (χ1) is 9.85. The molecular formula is C15H25N3O3. The van der Waals surface area contributed by atoms with Gasteiger partial charge in [0.1, 0.15) is 11.6 Å². The summed E-state index contributed by atoms with van der Waals surface area (Å²) in [4.78, 5) is 30.7. The number of amides is 2. The molecule has 0 aromatic rings. The van der Waals surface area contributed by atoms with Crippen LogP contribution in [0.25, 0.3) is 0 Å². The van der Waals surface area contributed by atoms with Gasteiger partial charge in [0.2, 0.25) is 5.91 Å². The molecule has 0 bridgehead atoms.